The number of hydrogen-bond acceptors (Lipinski definition) is 3. The van der Waals surface area contributed by atoms with Gasteiger partial charge in [0.05, 0.1) is 10.9 Å². The van der Waals surface area contributed by atoms with Crippen molar-refractivity contribution in [3.63, 3.8) is 0 Å². The van der Waals surface area contributed by atoms with Crippen molar-refractivity contribution in [2.75, 3.05) is 5.33 Å². The summed E-state index contributed by atoms with van der Waals surface area (Å²) in [4.78, 5) is 15.1. The van der Waals surface area contributed by atoms with Crippen LogP contribution in [0, 0.1) is 5.82 Å². The number of alkyl halides is 4. The Labute approximate surface area is 148 Å². The Hall–Kier alpha value is -0.803. The van der Waals surface area contributed by atoms with Crippen LogP contribution in [0.1, 0.15) is 36.8 Å². The molecule has 0 aromatic carbocycles. The molecule has 0 N–H and O–H groups in total. The van der Waals surface area contributed by atoms with Crippen LogP contribution in [0.25, 0.3) is 0 Å². The Morgan fingerprint density at radius 2 is 1.92 bits per heavy atom. The summed E-state index contributed by atoms with van der Waals surface area (Å²) in [5.74, 6) is -5.86. The van der Waals surface area contributed by atoms with Crippen molar-refractivity contribution in [3.8, 4) is 0 Å². The first kappa shape index (κ1) is 21.2. The summed E-state index contributed by atoms with van der Waals surface area (Å²) in [5.41, 5.74) is -1.72. The fourth-order valence-corrected chi connectivity index (χ4v) is 3.23. The highest BCUT2D eigenvalue weighted by atomic mass is 79.9. The first-order valence-electron chi connectivity index (χ1n) is 7.19. The monoisotopic (exact) mass is 429 g/mol. The SMILES string of the molecule is CC(C)(C)[Si](C)(C)OC(F)(c1nccc(C(=O)CBr)c1F)C(F)F. The normalized spacial score (nSPS) is 15.5. The second-order valence-electron chi connectivity index (χ2n) is 6.89. The van der Waals surface area contributed by atoms with Gasteiger partial charge in [-0.25, -0.2) is 13.2 Å². The molecule has 0 radical (unpaired) electrons. The van der Waals surface area contributed by atoms with Crippen LogP contribution in [-0.2, 0) is 10.3 Å². The van der Waals surface area contributed by atoms with E-state index in [0.29, 0.717) is 0 Å². The minimum Gasteiger partial charge on any atom is -0.377 e. The van der Waals surface area contributed by atoms with Gasteiger partial charge in [0.1, 0.15) is 5.69 Å². The number of pyridine rings is 1. The number of rotatable bonds is 6. The molecule has 1 aromatic heterocycles. The molecule has 0 aliphatic rings. The van der Waals surface area contributed by atoms with Gasteiger partial charge in [-0.15, -0.1) is 0 Å². The second kappa shape index (κ2) is 7.21. The van der Waals surface area contributed by atoms with Gasteiger partial charge in [-0.1, -0.05) is 36.7 Å². The van der Waals surface area contributed by atoms with Crippen LogP contribution in [-0.4, -0.2) is 30.8 Å². The van der Waals surface area contributed by atoms with Crippen LogP contribution in [0.3, 0.4) is 0 Å². The molecule has 0 bridgehead atoms. The Morgan fingerprint density at radius 3 is 2.33 bits per heavy atom. The van der Waals surface area contributed by atoms with Crippen molar-refractivity contribution in [1.82, 2.24) is 4.98 Å². The molecule has 0 aliphatic carbocycles. The Balaban J connectivity index is 3.49. The van der Waals surface area contributed by atoms with E-state index in [-0.39, 0.29) is 5.33 Å². The fraction of sp³-hybridized carbons (Fsp3) is 0.600. The van der Waals surface area contributed by atoms with E-state index in [1.807, 2.05) is 0 Å². The number of ketones is 1. The molecule has 0 spiro atoms. The van der Waals surface area contributed by atoms with E-state index in [1.165, 1.54) is 0 Å². The molecule has 0 saturated heterocycles. The number of aromatic nitrogens is 1. The quantitative estimate of drug-likeness (QED) is 0.269. The smallest absolute Gasteiger partial charge is 0.307 e. The third-order valence-electron chi connectivity index (χ3n) is 4.12. The Bertz CT molecular complexity index is 622. The van der Waals surface area contributed by atoms with E-state index in [9.17, 15) is 18.0 Å². The summed E-state index contributed by atoms with van der Waals surface area (Å²) in [6, 6.07) is 1.01. The van der Waals surface area contributed by atoms with Crippen LogP contribution in [0.5, 0.6) is 0 Å². The van der Waals surface area contributed by atoms with Crippen molar-refractivity contribution < 1.29 is 26.8 Å². The summed E-state index contributed by atoms with van der Waals surface area (Å²) in [5, 5.41) is -0.816. The van der Waals surface area contributed by atoms with E-state index in [1.54, 1.807) is 33.9 Å². The summed E-state index contributed by atoms with van der Waals surface area (Å²) < 4.78 is 61.8. The molecule has 1 aromatic rings. The lowest BCUT2D eigenvalue weighted by Crippen LogP contribution is -2.50. The Kier molecular flexibility index (Phi) is 6.38. The minimum absolute atomic E-state index is 0.232. The summed E-state index contributed by atoms with van der Waals surface area (Å²) in [7, 11) is -3.02. The molecule has 1 unspecified atom stereocenters. The van der Waals surface area contributed by atoms with Crippen LogP contribution >= 0.6 is 15.9 Å². The van der Waals surface area contributed by atoms with Gasteiger partial charge >= 0.3 is 12.3 Å². The van der Waals surface area contributed by atoms with Gasteiger partial charge in [0, 0.05) is 6.20 Å². The van der Waals surface area contributed by atoms with Crippen LogP contribution in [0.2, 0.25) is 18.1 Å². The minimum atomic E-state index is -3.73. The third kappa shape index (κ3) is 4.05. The molecule has 0 aliphatic heterocycles. The maximum Gasteiger partial charge on any atom is 0.307 e. The zero-order valence-electron chi connectivity index (χ0n) is 14.1. The Morgan fingerprint density at radius 1 is 1.38 bits per heavy atom. The fourth-order valence-electron chi connectivity index (χ4n) is 1.69. The predicted octanol–water partition coefficient (Wildman–Crippen LogP) is 5.21. The molecular weight excluding hydrogens is 410 g/mol. The van der Waals surface area contributed by atoms with E-state index >= 15 is 4.39 Å². The topological polar surface area (TPSA) is 39.2 Å². The highest BCUT2D eigenvalue weighted by Crippen LogP contribution is 2.45. The standard InChI is InChI=1S/C15H20BrF4NO2Si/c1-14(2,3)24(4,5)23-15(20,13(18)19)12-11(17)9(6-7-21-12)10(22)8-16/h6-7,13H,8H2,1-5H3. The molecule has 3 nitrogen and oxygen atoms in total. The second-order valence-corrected chi connectivity index (χ2v) is 12.2. The van der Waals surface area contributed by atoms with Gasteiger partial charge in [0.25, 0.3) is 0 Å². The molecule has 1 atom stereocenters. The van der Waals surface area contributed by atoms with E-state index in [0.717, 1.165) is 12.3 Å². The third-order valence-corrected chi connectivity index (χ3v) is 9.05. The first-order valence-corrected chi connectivity index (χ1v) is 11.2. The first-order chi connectivity index (χ1) is 10.8. The molecule has 24 heavy (non-hydrogen) atoms. The van der Waals surface area contributed by atoms with Crippen molar-refractivity contribution >= 4 is 30.0 Å². The zero-order valence-corrected chi connectivity index (χ0v) is 16.7. The maximum absolute atomic E-state index is 15.1. The largest absolute Gasteiger partial charge is 0.377 e. The number of nitrogens with zero attached hydrogens (tertiary/aromatic N) is 1. The molecule has 0 amide bonds. The lowest BCUT2D eigenvalue weighted by molar-refractivity contribution is -0.187. The molecule has 0 saturated carbocycles. The summed E-state index contributed by atoms with van der Waals surface area (Å²) in [6.07, 6.45) is -2.75. The number of carbonyl (C=O) groups is 1. The van der Waals surface area contributed by atoms with Gasteiger partial charge in [-0.2, -0.15) is 4.39 Å². The van der Waals surface area contributed by atoms with Crippen molar-refractivity contribution in [2.24, 2.45) is 0 Å². The van der Waals surface area contributed by atoms with Crippen molar-refractivity contribution in [2.45, 2.75) is 51.2 Å². The summed E-state index contributed by atoms with van der Waals surface area (Å²) >= 11 is 2.86. The van der Waals surface area contributed by atoms with Gasteiger partial charge in [0.2, 0.25) is 0 Å². The van der Waals surface area contributed by atoms with Crippen LogP contribution in [0.15, 0.2) is 12.3 Å². The zero-order chi connectivity index (χ0) is 18.9. The molecule has 1 heterocycles. The average Bonchev–Trinajstić information content (AvgIpc) is 2.44. The van der Waals surface area contributed by atoms with E-state index in [2.05, 4.69) is 20.9 Å². The predicted molar refractivity (Wildman–Crippen MR) is 89.4 cm³/mol. The van der Waals surface area contributed by atoms with Crippen LogP contribution in [0.4, 0.5) is 17.6 Å². The van der Waals surface area contributed by atoms with Gasteiger partial charge in [-0.3, -0.25) is 9.78 Å². The lowest BCUT2D eigenvalue weighted by atomic mass is 10.1. The van der Waals surface area contributed by atoms with Crippen molar-refractivity contribution in [1.29, 1.82) is 0 Å². The van der Waals surface area contributed by atoms with Gasteiger partial charge in [-0.05, 0) is 24.2 Å². The molecule has 136 valence electrons. The number of halogens is 5. The number of Topliss-reactive ketones (excluding diaryl/α,β-unsaturated/α-hetero) is 1. The highest BCUT2D eigenvalue weighted by molar-refractivity contribution is 9.09. The lowest BCUT2D eigenvalue weighted by Gasteiger charge is -2.41. The van der Waals surface area contributed by atoms with E-state index in [4.69, 9.17) is 4.43 Å². The molecular formula is C15H20BrF4NO2Si. The molecule has 1 rings (SSSR count). The highest BCUT2D eigenvalue weighted by Gasteiger charge is 2.54. The number of hydrogen-bond donors (Lipinski definition) is 0. The molecule has 0 fully saturated rings. The number of carbonyl (C=O) groups excluding carboxylic acids is 1. The summed E-state index contributed by atoms with van der Waals surface area (Å²) in [6.45, 7) is 8.34. The molecule has 9 heteroatoms. The van der Waals surface area contributed by atoms with Gasteiger partial charge in [0.15, 0.2) is 19.9 Å². The van der Waals surface area contributed by atoms with Crippen molar-refractivity contribution in [3.05, 3.63) is 29.3 Å². The van der Waals surface area contributed by atoms with Gasteiger partial charge < -0.3 is 4.43 Å². The average molecular weight is 430 g/mol. The maximum atomic E-state index is 15.1. The van der Waals surface area contributed by atoms with E-state index < -0.39 is 48.5 Å². The van der Waals surface area contributed by atoms with Crippen LogP contribution < -0.4 is 0 Å².